The zero-order valence-corrected chi connectivity index (χ0v) is 10.6. The number of hydrogen-bond donors (Lipinski definition) is 0. The SMILES string of the molecule is [2H]C([2H])([2H])c1ccc(B2OC(C)(C)C(C)(C)O2)cc1C([2H])([2H])[2H]. The Morgan fingerprint density at radius 2 is 1.59 bits per heavy atom. The number of aryl methyl sites for hydroxylation is 2. The largest absolute Gasteiger partial charge is 0.494 e. The van der Waals surface area contributed by atoms with E-state index in [-0.39, 0.29) is 11.1 Å². The van der Waals surface area contributed by atoms with Crippen molar-refractivity contribution >= 4 is 12.6 Å². The number of rotatable bonds is 1. The fraction of sp³-hybridized carbons (Fsp3) is 0.571. The summed E-state index contributed by atoms with van der Waals surface area (Å²) in [6, 6.07) is 4.24. The normalized spacial score (nSPS) is 28.6. The Bertz CT molecular complexity index is 590. The van der Waals surface area contributed by atoms with Crippen LogP contribution in [0.4, 0.5) is 0 Å². The van der Waals surface area contributed by atoms with Crippen LogP contribution in [0.15, 0.2) is 18.2 Å². The summed E-state index contributed by atoms with van der Waals surface area (Å²) >= 11 is 0. The van der Waals surface area contributed by atoms with Crippen molar-refractivity contribution in [3.63, 3.8) is 0 Å². The third-order valence-corrected chi connectivity index (χ3v) is 3.57. The van der Waals surface area contributed by atoms with Crippen LogP contribution in [0.3, 0.4) is 0 Å². The quantitative estimate of drug-likeness (QED) is 0.700. The van der Waals surface area contributed by atoms with Gasteiger partial charge in [-0.3, -0.25) is 0 Å². The van der Waals surface area contributed by atoms with Gasteiger partial charge in [0.15, 0.2) is 0 Å². The maximum Gasteiger partial charge on any atom is 0.494 e. The molecular formula is C14H21BO2. The minimum absolute atomic E-state index is 0.169. The van der Waals surface area contributed by atoms with Gasteiger partial charge in [0.2, 0.25) is 0 Å². The minimum Gasteiger partial charge on any atom is -0.399 e. The Kier molecular flexibility index (Phi) is 1.58. The summed E-state index contributed by atoms with van der Waals surface area (Å²) in [6.45, 7) is 2.58. The third kappa shape index (κ3) is 2.14. The summed E-state index contributed by atoms with van der Waals surface area (Å²) in [5, 5.41) is 0. The van der Waals surface area contributed by atoms with Gasteiger partial charge in [-0.2, -0.15) is 0 Å². The molecule has 2 nitrogen and oxygen atoms in total. The lowest BCUT2D eigenvalue weighted by Gasteiger charge is -2.32. The van der Waals surface area contributed by atoms with Crippen LogP contribution in [0.1, 0.15) is 47.0 Å². The molecule has 0 aliphatic carbocycles. The highest BCUT2D eigenvalue weighted by Crippen LogP contribution is 2.36. The molecule has 0 spiro atoms. The summed E-state index contributed by atoms with van der Waals surface area (Å²) in [6.07, 6.45) is 0. The molecule has 92 valence electrons. The summed E-state index contributed by atoms with van der Waals surface area (Å²) in [4.78, 5) is 0. The van der Waals surface area contributed by atoms with E-state index in [1.807, 2.05) is 27.7 Å². The standard InChI is InChI=1S/C14H21BO2/c1-10-7-8-12(9-11(10)2)15-16-13(3,4)14(5,6)17-15/h7-9H,1-6H3/i1D3,2D3. The van der Waals surface area contributed by atoms with Gasteiger partial charge in [0, 0.05) is 8.22 Å². The van der Waals surface area contributed by atoms with Crippen molar-refractivity contribution in [2.75, 3.05) is 0 Å². The second-order valence-electron chi connectivity index (χ2n) is 5.39. The Morgan fingerprint density at radius 3 is 2.12 bits per heavy atom. The van der Waals surface area contributed by atoms with Crippen LogP contribution in [0.5, 0.6) is 0 Å². The van der Waals surface area contributed by atoms with E-state index in [4.69, 9.17) is 17.5 Å². The van der Waals surface area contributed by atoms with Crippen molar-refractivity contribution in [1.29, 1.82) is 0 Å². The van der Waals surface area contributed by atoms with Crippen molar-refractivity contribution < 1.29 is 17.5 Å². The first-order valence-corrected chi connectivity index (χ1v) is 5.66. The molecule has 17 heavy (non-hydrogen) atoms. The van der Waals surface area contributed by atoms with E-state index in [1.54, 1.807) is 6.07 Å². The van der Waals surface area contributed by atoms with Crippen LogP contribution in [0.25, 0.3) is 0 Å². The first-order chi connectivity index (χ1) is 10.2. The van der Waals surface area contributed by atoms with E-state index in [0.717, 1.165) is 0 Å². The minimum atomic E-state index is -2.52. The van der Waals surface area contributed by atoms with Crippen molar-refractivity contribution in [2.45, 2.75) is 52.6 Å². The van der Waals surface area contributed by atoms with Gasteiger partial charge in [0.25, 0.3) is 0 Å². The third-order valence-electron chi connectivity index (χ3n) is 3.57. The summed E-state index contributed by atoms with van der Waals surface area (Å²) in [5.74, 6) is 0. The first-order valence-electron chi connectivity index (χ1n) is 8.66. The maximum absolute atomic E-state index is 7.62. The fourth-order valence-electron chi connectivity index (χ4n) is 1.69. The van der Waals surface area contributed by atoms with E-state index in [1.165, 1.54) is 12.1 Å². The lowest BCUT2D eigenvalue weighted by molar-refractivity contribution is 0.00578. The zero-order chi connectivity index (χ0) is 17.8. The summed E-state index contributed by atoms with van der Waals surface area (Å²) < 4.78 is 57.2. The molecule has 1 aliphatic rings. The molecule has 0 radical (unpaired) electrons. The fourth-order valence-corrected chi connectivity index (χ4v) is 1.69. The molecule has 2 rings (SSSR count). The van der Waals surface area contributed by atoms with E-state index in [2.05, 4.69) is 0 Å². The summed E-state index contributed by atoms with van der Waals surface area (Å²) in [5.41, 5.74) is -0.966. The molecule has 0 unspecified atom stereocenters. The molecule has 1 heterocycles. The van der Waals surface area contributed by atoms with Gasteiger partial charge in [-0.25, -0.2) is 0 Å². The van der Waals surface area contributed by atoms with Crippen molar-refractivity contribution in [2.24, 2.45) is 0 Å². The molecule has 0 N–H and O–H groups in total. The highest BCUT2D eigenvalue weighted by Gasteiger charge is 2.51. The highest BCUT2D eigenvalue weighted by molar-refractivity contribution is 6.62. The maximum atomic E-state index is 7.62. The Hall–Kier alpha value is -0.795. The zero-order valence-electron chi connectivity index (χ0n) is 16.6. The number of hydrogen-bond acceptors (Lipinski definition) is 2. The second kappa shape index (κ2) is 3.86. The molecule has 0 atom stereocenters. The predicted octanol–water partition coefficient (Wildman–Crippen LogP) is 2.60. The van der Waals surface area contributed by atoms with Gasteiger partial charge < -0.3 is 9.31 Å². The molecule has 1 aliphatic heterocycles. The second-order valence-corrected chi connectivity index (χ2v) is 5.39. The molecule has 0 bridgehead atoms. The van der Waals surface area contributed by atoms with E-state index < -0.39 is 32.0 Å². The molecule has 0 saturated carbocycles. The average molecular weight is 238 g/mol. The van der Waals surface area contributed by atoms with Crippen molar-refractivity contribution in [1.82, 2.24) is 0 Å². The lowest BCUT2D eigenvalue weighted by Crippen LogP contribution is -2.41. The molecule has 3 heteroatoms. The average Bonchev–Trinajstić information content (AvgIpc) is 2.55. The number of benzene rings is 1. The topological polar surface area (TPSA) is 18.5 Å². The molecule has 1 saturated heterocycles. The first kappa shape index (κ1) is 6.96. The van der Waals surface area contributed by atoms with Crippen LogP contribution in [0.2, 0.25) is 0 Å². The van der Waals surface area contributed by atoms with Crippen LogP contribution in [0, 0.1) is 13.7 Å². The highest BCUT2D eigenvalue weighted by atomic mass is 16.7. The van der Waals surface area contributed by atoms with Crippen molar-refractivity contribution in [3.05, 3.63) is 29.3 Å². The Morgan fingerprint density at radius 1 is 1.00 bits per heavy atom. The Balaban J connectivity index is 2.48. The Labute approximate surface area is 113 Å². The molecule has 1 aromatic carbocycles. The monoisotopic (exact) mass is 238 g/mol. The van der Waals surface area contributed by atoms with Gasteiger partial charge in [-0.1, -0.05) is 18.2 Å². The van der Waals surface area contributed by atoms with E-state index >= 15 is 0 Å². The van der Waals surface area contributed by atoms with E-state index in [0.29, 0.717) is 5.46 Å². The van der Waals surface area contributed by atoms with Gasteiger partial charge in [0.1, 0.15) is 0 Å². The molecule has 1 fully saturated rings. The van der Waals surface area contributed by atoms with Gasteiger partial charge in [0.05, 0.1) is 11.2 Å². The van der Waals surface area contributed by atoms with Crippen LogP contribution >= 0.6 is 0 Å². The van der Waals surface area contributed by atoms with Crippen LogP contribution in [-0.4, -0.2) is 18.3 Å². The molecule has 0 aromatic heterocycles. The predicted molar refractivity (Wildman–Crippen MR) is 71.6 cm³/mol. The lowest BCUT2D eigenvalue weighted by atomic mass is 9.78. The van der Waals surface area contributed by atoms with Gasteiger partial charge in [-0.15, -0.1) is 0 Å². The smallest absolute Gasteiger partial charge is 0.399 e. The van der Waals surface area contributed by atoms with Crippen molar-refractivity contribution in [3.8, 4) is 0 Å². The van der Waals surface area contributed by atoms with E-state index in [9.17, 15) is 0 Å². The van der Waals surface area contributed by atoms with Crippen LogP contribution < -0.4 is 5.46 Å². The summed E-state index contributed by atoms with van der Waals surface area (Å²) in [7, 11) is -0.730. The molecular weight excluding hydrogens is 211 g/mol. The van der Waals surface area contributed by atoms with Crippen LogP contribution in [-0.2, 0) is 9.31 Å². The molecule has 1 aromatic rings. The van der Waals surface area contributed by atoms with Gasteiger partial charge in [-0.05, 0) is 58.0 Å². The van der Waals surface area contributed by atoms with Gasteiger partial charge >= 0.3 is 7.12 Å². The molecule has 0 amide bonds.